The lowest BCUT2D eigenvalue weighted by molar-refractivity contribution is 0.161. The monoisotopic (exact) mass is 234 g/mol. The zero-order chi connectivity index (χ0) is 12.3. The van der Waals surface area contributed by atoms with E-state index in [1.54, 1.807) is 24.5 Å². The van der Waals surface area contributed by atoms with E-state index in [9.17, 15) is 9.50 Å². The first kappa shape index (κ1) is 11.9. The summed E-state index contributed by atoms with van der Waals surface area (Å²) in [5.74, 6) is 0.444. The summed E-state index contributed by atoms with van der Waals surface area (Å²) in [6, 6.07) is 8.41. The molecular weight excluding hydrogens is 219 g/mol. The van der Waals surface area contributed by atoms with Crippen LogP contribution in [0.5, 0.6) is 0 Å². The SMILES string of the molecule is Cc1ccc(F)c(C(O)CCc2ccco2)c1. The Morgan fingerprint density at radius 3 is 2.88 bits per heavy atom. The maximum absolute atomic E-state index is 13.5. The third-order valence-electron chi connectivity index (χ3n) is 2.75. The summed E-state index contributed by atoms with van der Waals surface area (Å²) >= 11 is 0. The molecule has 2 rings (SSSR count). The van der Waals surface area contributed by atoms with Crippen LogP contribution in [0.1, 0.15) is 29.4 Å². The van der Waals surface area contributed by atoms with Gasteiger partial charge in [0.1, 0.15) is 11.6 Å². The molecule has 3 heteroatoms. The second kappa shape index (κ2) is 5.15. The van der Waals surface area contributed by atoms with Gasteiger partial charge in [-0.15, -0.1) is 0 Å². The molecule has 0 bridgehead atoms. The fraction of sp³-hybridized carbons (Fsp3) is 0.286. The van der Waals surface area contributed by atoms with Crippen LogP contribution >= 0.6 is 0 Å². The number of aliphatic hydroxyl groups excluding tert-OH is 1. The summed E-state index contributed by atoms with van der Waals surface area (Å²) in [7, 11) is 0. The molecule has 17 heavy (non-hydrogen) atoms. The molecule has 0 amide bonds. The normalized spacial score (nSPS) is 12.6. The van der Waals surface area contributed by atoms with Gasteiger partial charge in [0.15, 0.2) is 0 Å². The topological polar surface area (TPSA) is 33.4 Å². The Morgan fingerprint density at radius 1 is 1.35 bits per heavy atom. The number of halogens is 1. The Labute approximate surface area is 99.7 Å². The average Bonchev–Trinajstić information content (AvgIpc) is 2.82. The molecule has 0 saturated carbocycles. The van der Waals surface area contributed by atoms with Crippen molar-refractivity contribution >= 4 is 0 Å². The van der Waals surface area contributed by atoms with Crippen LogP contribution in [0.4, 0.5) is 4.39 Å². The molecule has 1 aromatic carbocycles. The molecule has 1 unspecified atom stereocenters. The zero-order valence-electron chi connectivity index (χ0n) is 9.69. The number of hydrogen-bond acceptors (Lipinski definition) is 2. The molecule has 0 saturated heterocycles. The summed E-state index contributed by atoms with van der Waals surface area (Å²) in [6.45, 7) is 1.88. The van der Waals surface area contributed by atoms with Crippen molar-refractivity contribution in [3.05, 3.63) is 59.3 Å². The van der Waals surface area contributed by atoms with Crippen molar-refractivity contribution in [2.45, 2.75) is 25.9 Å². The van der Waals surface area contributed by atoms with E-state index < -0.39 is 6.10 Å². The van der Waals surface area contributed by atoms with Crippen molar-refractivity contribution in [3.63, 3.8) is 0 Å². The van der Waals surface area contributed by atoms with Gasteiger partial charge in [0.05, 0.1) is 12.4 Å². The summed E-state index contributed by atoms with van der Waals surface area (Å²) in [4.78, 5) is 0. The average molecular weight is 234 g/mol. The Bertz CT molecular complexity index is 477. The van der Waals surface area contributed by atoms with Crippen LogP contribution in [0, 0.1) is 12.7 Å². The lowest BCUT2D eigenvalue weighted by atomic mass is 10.0. The number of aliphatic hydroxyl groups is 1. The fourth-order valence-corrected chi connectivity index (χ4v) is 1.81. The Morgan fingerprint density at radius 2 is 2.18 bits per heavy atom. The van der Waals surface area contributed by atoms with Crippen LogP contribution in [-0.2, 0) is 6.42 Å². The molecule has 2 nitrogen and oxygen atoms in total. The minimum Gasteiger partial charge on any atom is -0.469 e. The molecule has 2 aromatic rings. The second-order valence-corrected chi connectivity index (χ2v) is 4.16. The molecule has 0 radical (unpaired) electrons. The highest BCUT2D eigenvalue weighted by molar-refractivity contribution is 5.26. The summed E-state index contributed by atoms with van der Waals surface area (Å²) in [5.41, 5.74) is 1.30. The zero-order valence-corrected chi connectivity index (χ0v) is 9.69. The van der Waals surface area contributed by atoms with Gasteiger partial charge in [0.25, 0.3) is 0 Å². The number of hydrogen-bond donors (Lipinski definition) is 1. The molecule has 1 heterocycles. The molecule has 0 fully saturated rings. The number of aryl methyl sites for hydroxylation is 2. The minimum absolute atomic E-state index is 0.358. The molecule has 0 spiro atoms. The van der Waals surface area contributed by atoms with Gasteiger partial charge < -0.3 is 9.52 Å². The number of furan rings is 1. The van der Waals surface area contributed by atoms with Crippen LogP contribution in [-0.4, -0.2) is 5.11 Å². The van der Waals surface area contributed by atoms with E-state index in [1.807, 2.05) is 13.0 Å². The molecule has 0 aliphatic rings. The molecule has 0 aliphatic carbocycles. The van der Waals surface area contributed by atoms with Gasteiger partial charge in [-0.3, -0.25) is 0 Å². The van der Waals surface area contributed by atoms with Crippen LogP contribution in [0.25, 0.3) is 0 Å². The first-order chi connectivity index (χ1) is 8.16. The smallest absolute Gasteiger partial charge is 0.129 e. The van der Waals surface area contributed by atoms with E-state index in [4.69, 9.17) is 4.42 Å². The highest BCUT2D eigenvalue weighted by Crippen LogP contribution is 2.23. The lowest BCUT2D eigenvalue weighted by Gasteiger charge is -2.11. The number of benzene rings is 1. The van der Waals surface area contributed by atoms with Crippen LogP contribution in [0.15, 0.2) is 41.0 Å². The second-order valence-electron chi connectivity index (χ2n) is 4.16. The molecular formula is C14H15FO2. The summed E-state index contributed by atoms with van der Waals surface area (Å²) < 4.78 is 18.7. The van der Waals surface area contributed by atoms with Gasteiger partial charge in [0.2, 0.25) is 0 Å². The van der Waals surface area contributed by atoms with E-state index in [2.05, 4.69) is 0 Å². The van der Waals surface area contributed by atoms with Crippen molar-refractivity contribution in [3.8, 4) is 0 Å². The molecule has 90 valence electrons. The van der Waals surface area contributed by atoms with Gasteiger partial charge in [-0.25, -0.2) is 4.39 Å². The van der Waals surface area contributed by atoms with E-state index >= 15 is 0 Å². The highest BCUT2D eigenvalue weighted by Gasteiger charge is 2.13. The highest BCUT2D eigenvalue weighted by atomic mass is 19.1. The largest absolute Gasteiger partial charge is 0.469 e. The van der Waals surface area contributed by atoms with Crippen LogP contribution in [0.3, 0.4) is 0 Å². The predicted molar refractivity (Wildman–Crippen MR) is 63.1 cm³/mol. The van der Waals surface area contributed by atoms with Gasteiger partial charge in [0, 0.05) is 12.0 Å². The van der Waals surface area contributed by atoms with Crippen molar-refractivity contribution in [1.29, 1.82) is 0 Å². The van der Waals surface area contributed by atoms with E-state index in [0.717, 1.165) is 11.3 Å². The van der Waals surface area contributed by atoms with Gasteiger partial charge in [-0.05, 0) is 31.5 Å². The van der Waals surface area contributed by atoms with Crippen LogP contribution in [0.2, 0.25) is 0 Å². The fourth-order valence-electron chi connectivity index (χ4n) is 1.81. The Balaban J connectivity index is 2.04. The van der Waals surface area contributed by atoms with Crippen molar-refractivity contribution in [1.82, 2.24) is 0 Å². The van der Waals surface area contributed by atoms with Gasteiger partial charge in [-0.1, -0.05) is 17.7 Å². The first-order valence-corrected chi connectivity index (χ1v) is 5.63. The van der Waals surface area contributed by atoms with Crippen molar-refractivity contribution < 1.29 is 13.9 Å². The van der Waals surface area contributed by atoms with E-state index in [-0.39, 0.29) is 5.82 Å². The quantitative estimate of drug-likeness (QED) is 0.879. The Hall–Kier alpha value is -1.61. The predicted octanol–water partition coefficient (Wildman–Crippen LogP) is 3.39. The third kappa shape index (κ3) is 2.94. The Kier molecular flexibility index (Phi) is 3.59. The van der Waals surface area contributed by atoms with Crippen molar-refractivity contribution in [2.24, 2.45) is 0 Å². The maximum Gasteiger partial charge on any atom is 0.129 e. The lowest BCUT2D eigenvalue weighted by Crippen LogP contribution is -2.02. The van der Waals surface area contributed by atoms with E-state index in [0.29, 0.717) is 18.4 Å². The molecule has 0 aliphatic heterocycles. The first-order valence-electron chi connectivity index (χ1n) is 5.63. The maximum atomic E-state index is 13.5. The minimum atomic E-state index is -0.792. The molecule has 1 atom stereocenters. The molecule has 1 aromatic heterocycles. The number of rotatable bonds is 4. The standard InChI is InChI=1S/C14H15FO2/c1-10-4-6-13(15)12(9-10)14(16)7-5-11-3-2-8-17-11/h2-4,6,8-9,14,16H,5,7H2,1H3. The summed E-state index contributed by atoms with van der Waals surface area (Å²) in [5, 5.41) is 9.94. The van der Waals surface area contributed by atoms with Gasteiger partial charge in [-0.2, -0.15) is 0 Å². The van der Waals surface area contributed by atoms with Crippen LogP contribution < -0.4 is 0 Å². The molecule has 1 N–H and O–H groups in total. The van der Waals surface area contributed by atoms with Crippen molar-refractivity contribution in [2.75, 3.05) is 0 Å². The van der Waals surface area contributed by atoms with E-state index in [1.165, 1.54) is 6.07 Å². The third-order valence-corrected chi connectivity index (χ3v) is 2.75. The van der Waals surface area contributed by atoms with Gasteiger partial charge >= 0.3 is 0 Å². The summed E-state index contributed by atoms with van der Waals surface area (Å²) in [6.07, 6.45) is 1.85.